The molecule has 1 aliphatic heterocycles. The third-order valence-corrected chi connectivity index (χ3v) is 9.51. The van der Waals surface area contributed by atoms with E-state index in [0.717, 1.165) is 24.3 Å². The third kappa shape index (κ3) is 4.11. The van der Waals surface area contributed by atoms with Gasteiger partial charge in [-0.05, 0) is 68.0 Å². The fraction of sp³-hybridized carbons (Fsp3) is 0.250. The molecule has 4 heteroatoms. The van der Waals surface area contributed by atoms with Crippen LogP contribution in [-0.4, -0.2) is 4.67 Å². The number of rotatable bonds is 5. The molecule has 0 saturated heterocycles. The van der Waals surface area contributed by atoms with Crippen LogP contribution in [0.1, 0.15) is 71.7 Å². The first kappa shape index (κ1) is 23.3. The van der Waals surface area contributed by atoms with Gasteiger partial charge in [0.15, 0.2) is 0 Å². The van der Waals surface area contributed by atoms with E-state index < -0.39 is 8.53 Å². The van der Waals surface area contributed by atoms with Gasteiger partial charge in [0.05, 0.1) is 0 Å². The van der Waals surface area contributed by atoms with Crippen LogP contribution < -0.4 is 9.05 Å². The first-order valence-electron chi connectivity index (χ1n) is 12.9. The second kappa shape index (κ2) is 9.73. The molecule has 0 radical (unpaired) electrons. The minimum Gasteiger partial charge on any atom is -0.427 e. The lowest BCUT2D eigenvalue weighted by molar-refractivity contribution is 0.245. The van der Waals surface area contributed by atoms with E-state index in [0.29, 0.717) is 5.92 Å². The number of hydrogen-bond donors (Lipinski definition) is 0. The van der Waals surface area contributed by atoms with E-state index in [4.69, 9.17) is 9.05 Å². The molecule has 0 amide bonds. The quantitative estimate of drug-likeness (QED) is 0.259. The highest BCUT2D eigenvalue weighted by atomic mass is 31.2. The predicted molar refractivity (Wildman–Crippen MR) is 148 cm³/mol. The van der Waals surface area contributed by atoms with Crippen LogP contribution >= 0.6 is 8.53 Å². The molecule has 6 rings (SSSR count). The van der Waals surface area contributed by atoms with Crippen LogP contribution in [0, 0.1) is 6.92 Å². The molecule has 0 bridgehead atoms. The standard InChI is InChI=1S/C32H32NO2P/c1-22-12-10-18-29-31(22)28-21-20-27-17-11-19-30(32(27)28)35-36(34-29)33(23(2)25-13-6-4-7-14-25)24(3)26-15-8-5-9-16-26/h4-19,23-24,28H,20-21H2,1-3H3/t23-,24-,28-,36?/m1/s1. The molecule has 182 valence electrons. The molecule has 2 aliphatic rings. The van der Waals surface area contributed by atoms with Gasteiger partial charge >= 0.3 is 8.53 Å². The van der Waals surface area contributed by atoms with Gasteiger partial charge in [-0.3, -0.25) is 0 Å². The summed E-state index contributed by atoms with van der Waals surface area (Å²) in [6.07, 6.45) is 2.17. The first-order valence-corrected chi connectivity index (χ1v) is 14.0. The van der Waals surface area contributed by atoms with E-state index in [-0.39, 0.29) is 12.1 Å². The van der Waals surface area contributed by atoms with Gasteiger partial charge in [-0.2, -0.15) is 0 Å². The minimum atomic E-state index is -1.46. The Labute approximate surface area is 215 Å². The number of fused-ring (bicyclic) bond motifs is 2. The zero-order valence-electron chi connectivity index (χ0n) is 21.1. The zero-order chi connectivity index (χ0) is 24.6. The van der Waals surface area contributed by atoms with E-state index in [1.54, 1.807) is 0 Å². The second-order valence-corrected chi connectivity index (χ2v) is 11.2. The average Bonchev–Trinajstić information content (AvgIpc) is 3.33. The maximum Gasteiger partial charge on any atom is 0.385 e. The zero-order valence-corrected chi connectivity index (χ0v) is 22.0. The molecule has 36 heavy (non-hydrogen) atoms. The van der Waals surface area contributed by atoms with Crippen molar-refractivity contribution in [3.8, 4) is 11.5 Å². The highest BCUT2D eigenvalue weighted by Crippen LogP contribution is 2.59. The monoisotopic (exact) mass is 493 g/mol. The van der Waals surface area contributed by atoms with Crippen LogP contribution in [0.3, 0.4) is 0 Å². The van der Waals surface area contributed by atoms with E-state index in [1.165, 1.54) is 33.4 Å². The van der Waals surface area contributed by atoms with E-state index in [9.17, 15) is 0 Å². The second-order valence-electron chi connectivity index (χ2n) is 9.88. The van der Waals surface area contributed by atoms with Crippen LogP contribution in [-0.2, 0) is 6.42 Å². The van der Waals surface area contributed by atoms with Crippen molar-refractivity contribution in [1.29, 1.82) is 0 Å². The highest BCUT2D eigenvalue weighted by molar-refractivity contribution is 7.45. The molecule has 0 N–H and O–H groups in total. The molecule has 4 atom stereocenters. The molecule has 3 nitrogen and oxygen atoms in total. The van der Waals surface area contributed by atoms with Gasteiger partial charge in [-0.15, -0.1) is 0 Å². The summed E-state index contributed by atoms with van der Waals surface area (Å²) in [6, 6.07) is 34.5. The number of benzene rings is 4. The Bertz CT molecular complexity index is 1310. The molecule has 4 aromatic carbocycles. The maximum atomic E-state index is 6.95. The molecular formula is C32H32NO2P. The Morgan fingerprint density at radius 2 is 1.25 bits per heavy atom. The van der Waals surface area contributed by atoms with Crippen LogP contribution in [0.25, 0.3) is 0 Å². The maximum absolute atomic E-state index is 6.95. The van der Waals surface area contributed by atoms with E-state index >= 15 is 0 Å². The fourth-order valence-electron chi connectivity index (χ4n) is 5.86. The van der Waals surface area contributed by atoms with Gasteiger partial charge in [0.25, 0.3) is 0 Å². The smallest absolute Gasteiger partial charge is 0.385 e. The van der Waals surface area contributed by atoms with Crippen molar-refractivity contribution in [3.05, 3.63) is 130 Å². The summed E-state index contributed by atoms with van der Waals surface area (Å²) in [5.41, 5.74) is 7.86. The summed E-state index contributed by atoms with van der Waals surface area (Å²) in [7, 11) is -1.46. The van der Waals surface area contributed by atoms with Crippen LogP contribution in [0.4, 0.5) is 0 Å². The molecule has 0 fully saturated rings. The van der Waals surface area contributed by atoms with Gasteiger partial charge in [-0.1, -0.05) is 84.9 Å². The van der Waals surface area contributed by atoms with Crippen molar-refractivity contribution >= 4 is 8.53 Å². The number of hydrogen-bond acceptors (Lipinski definition) is 3. The lowest BCUT2D eigenvalue weighted by Gasteiger charge is -2.40. The van der Waals surface area contributed by atoms with Gasteiger partial charge in [0.2, 0.25) is 0 Å². The summed E-state index contributed by atoms with van der Waals surface area (Å²) in [6.45, 7) is 6.74. The minimum absolute atomic E-state index is 0.0905. The van der Waals surface area contributed by atoms with E-state index in [2.05, 4.69) is 123 Å². The highest BCUT2D eigenvalue weighted by Gasteiger charge is 2.40. The number of aryl methyl sites for hydroxylation is 2. The molecule has 0 spiro atoms. The summed E-state index contributed by atoms with van der Waals surface area (Å²) in [5, 5.41) is 0. The SMILES string of the molecule is Cc1cccc2c1[C@H]1CCc3cccc(c31)OP(N([C@H](C)c1ccccc1)[C@H](C)c1ccccc1)O2. The molecule has 1 aliphatic carbocycles. The average molecular weight is 494 g/mol. The van der Waals surface area contributed by atoms with Crippen molar-refractivity contribution in [1.82, 2.24) is 4.67 Å². The lowest BCUT2D eigenvalue weighted by Crippen LogP contribution is -2.29. The van der Waals surface area contributed by atoms with Crippen molar-refractivity contribution in [3.63, 3.8) is 0 Å². The summed E-state index contributed by atoms with van der Waals surface area (Å²) >= 11 is 0. The van der Waals surface area contributed by atoms with Gasteiger partial charge in [-0.25, -0.2) is 4.67 Å². The summed E-state index contributed by atoms with van der Waals surface area (Å²) in [5.74, 6) is 2.25. The molecule has 4 aromatic rings. The Morgan fingerprint density at radius 3 is 1.86 bits per heavy atom. The van der Waals surface area contributed by atoms with Crippen LogP contribution in [0.15, 0.2) is 97.1 Å². The normalized spacial score (nSPS) is 19.8. The van der Waals surface area contributed by atoms with E-state index in [1.807, 2.05) is 0 Å². The van der Waals surface area contributed by atoms with Crippen molar-refractivity contribution in [2.24, 2.45) is 0 Å². The van der Waals surface area contributed by atoms with Crippen LogP contribution in [0.5, 0.6) is 11.5 Å². The fourth-order valence-corrected chi connectivity index (χ4v) is 7.58. The van der Waals surface area contributed by atoms with Crippen molar-refractivity contribution < 1.29 is 9.05 Å². The molecule has 1 unspecified atom stereocenters. The van der Waals surface area contributed by atoms with Gasteiger partial charge < -0.3 is 9.05 Å². The summed E-state index contributed by atoms with van der Waals surface area (Å²) in [4.78, 5) is 0. The van der Waals surface area contributed by atoms with Crippen molar-refractivity contribution in [2.75, 3.05) is 0 Å². The topological polar surface area (TPSA) is 21.7 Å². The van der Waals surface area contributed by atoms with Crippen molar-refractivity contribution in [2.45, 2.75) is 51.6 Å². The Balaban J connectivity index is 1.51. The van der Waals surface area contributed by atoms with Gasteiger partial charge in [0.1, 0.15) is 11.5 Å². The third-order valence-electron chi connectivity index (χ3n) is 7.74. The summed E-state index contributed by atoms with van der Waals surface area (Å²) < 4.78 is 16.3. The predicted octanol–water partition coefficient (Wildman–Crippen LogP) is 8.90. The van der Waals surface area contributed by atoms with Gasteiger partial charge in [0, 0.05) is 29.1 Å². The Morgan fingerprint density at radius 1 is 0.694 bits per heavy atom. The number of nitrogens with zero attached hydrogens (tertiary/aromatic N) is 1. The molecule has 0 aromatic heterocycles. The molecule has 0 saturated carbocycles. The molecular weight excluding hydrogens is 461 g/mol. The first-order chi connectivity index (χ1) is 17.6. The largest absolute Gasteiger partial charge is 0.427 e. The Kier molecular flexibility index (Phi) is 6.29. The lowest BCUT2D eigenvalue weighted by atomic mass is 9.88. The van der Waals surface area contributed by atoms with Crippen LogP contribution in [0.2, 0.25) is 0 Å². The molecule has 1 heterocycles. The Hall–Kier alpha value is -3.13.